The number of nitrogen functional groups attached to an aromatic ring is 1. The molecule has 0 saturated carbocycles. The fraction of sp³-hybridized carbons (Fsp3) is 0. The van der Waals surface area contributed by atoms with Gasteiger partial charge in [-0.15, -0.1) is 0 Å². The predicted octanol–water partition coefficient (Wildman–Crippen LogP) is 6.17. The maximum absolute atomic E-state index is 13.4. The standard InChI is InChI=1S/C28H22N4O2/c29-21-16-22(18-25(17-21)34-24-14-8-3-9-15-24)30-28(33)26-19-32(23-12-6-2-7-13-23)31-27(26)20-10-4-1-5-11-20/h1-19H,29H2,(H,30,33). The Balaban J connectivity index is 1.47. The largest absolute Gasteiger partial charge is 0.457 e. The van der Waals surface area contributed by atoms with Gasteiger partial charge in [-0.25, -0.2) is 4.68 Å². The number of nitrogens with zero attached hydrogens (tertiary/aromatic N) is 2. The average molecular weight is 447 g/mol. The summed E-state index contributed by atoms with van der Waals surface area (Å²) in [5.74, 6) is 0.919. The zero-order valence-electron chi connectivity index (χ0n) is 18.3. The van der Waals surface area contributed by atoms with E-state index in [1.165, 1.54) is 0 Å². The molecule has 0 bridgehead atoms. The molecule has 6 heteroatoms. The smallest absolute Gasteiger partial charge is 0.259 e. The summed E-state index contributed by atoms with van der Waals surface area (Å²) in [6.07, 6.45) is 1.74. The minimum Gasteiger partial charge on any atom is -0.457 e. The number of anilines is 2. The molecule has 5 rings (SSSR count). The van der Waals surface area contributed by atoms with E-state index in [2.05, 4.69) is 5.32 Å². The number of benzene rings is 4. The highest BCUT2D eigenvalue weighted by molar-refractivity contribution is 6.08. The summed E-state index contributed by atoms with van der Waals surface area (Å²) in [6, 6.07) is 33.9. The van der Waals surface area contributed by atoms with Gasteiger partial charge in [-0.2, -0.15) is 5.10 Å². The monoisotopic (exact) mass is 446 g/mol. The summed E-state index contributed by atoms with van der Waals surface area (Å²) in [4.78, 5) is 13.4. The number of nitrogens with two attached hydrogens (primary N) is 1. The van der Waals surface area contributed by atoms with Crippen molar-refractivity contribution in [3.63, 3.8) is 0 Å². The second-order valence-electron chi connectivity index (χ2n) is 7.70. The quantitative estimate of drug-likeness (QED) is 0.306. The summed E-state index contributed by atoms with van der Waals surface area (Å²) in [5.41, 5.74) is 9.84. The van der Waals surface area contributed by atoms with Crippen molar-refractivity contribution in [2.75, 3.05) is 11.1 Å². The van der Waals surface area contributed by atoms with Crippen LogP contribution in [0.4, 0.5) is 11.4 Å². The van der Waals surface area contributed by atoms with Gasteiger partial charge in [-0.05, 0) is 30.3 Å². The number of para-hydroxylation sites is 2. The number of ether oxygens (including phenoxy) is 1. The van der Waals surface area contributed by atoms with Gasteiger partial charge < -0.3 is 15.8 Å². The summed E-state index contributed by atoms with van der Waals surface area (Å²) in [5, 5.41) is 7.66. The highest BCUT2D eigenvalue weighted by atomic mass is 16.5. The van der Waals surface area contributed by atoms with Crippen LogP contribution in [0.5, 0.6) is 11.5 Å². The van der Waals surface area contributed by atoms with E-state index in [1.54, 1.807) is 29.1 Å². The van der Waals surface area contributed by atoms with E-state index in [1.807, 2.05) is 91.0 Å². The van der Waals surface area contributed by atoms with E-state index >= 15 is 0 Å². The third-order valence-electron chi connectivity index (χ3n) is 5.19. The van der Waals surface area contributed by atoms with Crippen LogP contribution in [-0.2, 0) is 0 Å². The number of carbonyl (C=O) groups is 1. The molecule has 6 nitrogen and oxygen atoms in total. The van der Waals surface area contributed by atoms with Crippen molar-refractivity contribution in [2.45, 2.75) is 0 Å². The fourth-order valence-electron chi connectivity index (χ4n) is 3.64. The van der Waals surface area contributed by atoms with Crippen LogP contribution in [0.25, 0.3) is 16.9 Å². The third-order valence-corrected chi connectivity index (χ3v) is 5.19. The molecule has 1 heterocycles. The van der Waals surface area contributed by atoms with Crippen molar-refractivity contribution in [2.24, 2.45) is 0 Å². The van der Waals surface area contributed by atoms with E-state index in [0.29, 0.717) is 34.1 Å². The van der Waals surface area contributed by atoms with Crippen molar-refractivity contribution in [3.8, 4) is 28.4 Å². The molecule has 0 aliphatic rings. The average Bonchev–Trinajstić information content (AvgIpc) is 3.31. The Morgan fingerprint density at radius 3 is 2.15 bits per heavy atom. The molecule has 0 saturated heterocycles. The minimum absolute atomic E-state index is 0.294. The molecule has 0 atom stereocenters. The first-order valence-electron chi connectivity index (χ1n) is 10.8. The number of aromatic nitrogens is 2. The molecule has 5 aromatic rings. The fourth-order valence-corrected chi connectivity index (χ4v) is 3.64. The van der Waals surface area contributed by atoms with Crippen LogP contribution in [-0.4, -0.2) is 15.7 Å². The topological polar surface area (TPSA) is 82.2 Å². The van der Waals surface area contributed by atoms with Gasteiger partial charge in [0.15, 0.2) is 0 Å². The Morgan fingerprint density at radius 1 is 0.794 bits per heavy atom. The normalized spacial score (nSPS) is 10.6. The lowest BCUT2D eigenvalue weighted by Gasteiger charge is -2.10. The van der Waals surface area contributed by atoms with Gasteiger partial charge in [0.25, 0.3) is 5.91 Å². The molecule has 4 aromatic carbocycles. The summed E-state index contributed by atoms with van der Waals surface area (Å²) < 4.78 is 7.60. The van der Waals surface area contributed by atoms with Gasteiger partial charge in [0.2, 0.25) is 0 Å². The van der Waals surface area contributed by atoms with Crippen LogP contribution in [0.2, 0.25) is 0 Å². The third kappa shape index (κ3) is 4.66. The molecule has 34 heavy (non-hydrogen) atoms. The van der Waals surface area contributed by atoms with Gasteiger partial charge in [0.05, 0.1) is 11.3 Å². The summed E-state index contributed by atoms with van der Waals surface area (Å²) >= 11 is 0. The first kappa shape index (κ1) is 21.0. The summed E-state index contributed by atoms with van der Waals surface area (Å²) in [7, 11) is 0. The van der Waals surface area contributed by atoms with E-state index in [4.69, 9.17) is 15.6 Å². The SMILES string of the molecule is Nc1cc(NC(=O)c2cn(-c3ccccc3)nc2-c2ccccc2)cc(Oc2ccccc2)c1. The van der Waals surface area contributed by atoms with Gasteiger partial charge in [0, 0.05) is 35.3 Å². The van der Waals surface area contributed by atoms with E-state index in [-0.39, 0.29) is 5.91 Å². The Hall–Kier alpha value is -4.84. The zero-order chi connectivity index (χ0) is 23.3. The highest BCUT2D eigenvalue weighted by Crippen LogP contribution is 2.29. The number of hydrogen-bond donors (Lipinski definition) is 2. The Kier molecular flexibility index (Phi) is 5.78. The van der Waals surface area contributed by atoms with E-state index in [0.717, 1.165) is 11.3 Å². The number of nitrogens with one attached hydrogen (secondary N) is 1. The van der Waals surface area contributed by atoms with Gasteiger partial charge >= 0.3 is 0 Å². The highest BCUT2D eigenvalue weighted by Gasteiger charge is 2.19. The molecule has 3 N–H and O–H groups in total. The second-order valence-corrected chi connectivity index (χ2v) is 7.70. The number of hydrogen-bond acceptors (Lipinski definition) is 4. The van der Waals surface area contributed by atoms with Crippen molar-refractivity contribution in [1.82, 2.24) is 9.78 Å². The van der Waals surface area contributed by atoms with Crippen LogP contribution in [0, 0.1) is 0 Å². The number of rotatable bonds is 6. The zero-order valence-corrected chi connectivity index (χ0v) is 18.3. The molecule has 1 amide bonds. The molecule has 166 valence electrons. The second kappa shape index (κ2) is 9.34. The van der Waals surface area contributed by atoms with Crippen LogP contribution in [0.3, 0.4) is 0 Å². The maximum Gasteiger partial charge on any atom is 0.259 e. The number of amides is 1. The van der Waals surface area contributed by atoms with Gasteiger partial charge in [-0.3, -0.25) is 4.79 Å². The molecule has 0 aliphatic heterocycles. The lowest BCUT2D eigenvalue weighted by molar-refractivity contribution is 0.102. The van der Waals surface area contributed by atoms with Crippen LogP contribution in [0.1, 0.15) is 10.4 Å². The predicted molar refractivity (Wildman–Crippen MR) is 134 cm³/mol. The van der Waals surface area contributed by atoms with Crippen LogP contribution in [0.15, 0.2) is 115 Å². The lowest BCUT2D eigenvalue weighted by atomic mass is 10.1. The first-order chi connectivity index (χ1) is 16.7. The van der Waals surface area contributed by atoms with E-state index in [9.17, 15) is 4.79 Å². The van der Waals surface area contributed by atoms with Crippen LogP contribution < -0.4 is 15.8 Å². The molecule has 1 aromatic heterocycles. The molecular formula is C28H22N4O2. The van der Waals surface area contributed by atoms with E-state index < -0.39 is 0 Å². The molecular weight excluding hydrogens is 424 g/mol. The first-order valence-corrected chi connectivity index (χ1v) is 10.8. The maximum atomic E-state index is 13.4. The minimum atomic E-state index is -0.294. The van der Waals surface area contributed by atoms with Crippen LogP contribution >= 0.6 is 0 Å². The lowest BCUT2D eigenvalue weighted by Crippen LogP contribution is -2.12. The van der Waals surface area contributed by atoms with Gasteiger partial charge in [0.1, 0.15) is 17.2 Å². The van der Waals surface area contributed by atoms with Crippen molar-refractivity contribution in [1.29, 1.82) is 0 Å². The Bertz CT molecular complexity index is 1420. The van der Waals surface area contributed by atoms with Crippen molar-refractivity contribution < 1.29 is 9.53 Å². The molecule has 0 unspecified atom stereocenters. The summed E-state index contributed by atoms with van der Waals surface area (Å²) in [6.45, 7) is 0. The number of carbonyl (C=O) groups excluding carboxylic acids is 1. The molecule has 0 radical (unpaired) electrons. The molecule has 0 aliphatic carbocycles. The van der Waals surface area contributed by atoms with Crippen molar-refractivity contribution >= 4 is 17.3 Å². The Morgan fingerprint density at radius 2 is 1.44 bits per heavy atom. The van der Waals surface area contributed by atoms with Gasteiger partial charge in [-0.1, -0.05) is 66.7 Å². The Labute approximate surface area is 197 Å². The van der Waals surface area contributed by atoms with Crippen molar-refractivity contribution in [3.05, 3.63) is 121 Å². The molecule has 0 fully saturated rings. The molecule has 0 spiro atoms.